The van der Waals surface area contributed by atoms with E-state index in [1.165, 1.54) is 21.5 Å². The van der Waals surface area contributed by atoms with E-state index in [0.29, 0.717) is 0 Å². The molecule has 0 aromatic heterocycles. The van der Waals surface area contributed by atoms with Gasteiger partial charge in [0.2, 0.25) is 0 Å². The Morgan fingerprint density at radius 1 is 0.692 bits per heavy atom. The number of allylic oxidation sites excluding steroid dienone is 1. The lowest BCUT2D eigenvalue weighted by Crippen LogP contribution is -2.65. The SMILES string of the molecule is CC(C)(C)/C=C/N1CCC[C@H]1C(O[Si](C)(c1ccccc1)c1ccccc1)(c1ccccc1)c1ccccc1. The minimum Gasteiger partial charge on any atom is -0.393 e. The van der Waals surface area contributed by atoms with Gasteiger partial charge in [0.15, 0.2) is 0 Å². The van der Waals surface area contributed by atoms with Gasteiger partial charge in [-0.2, -0.15) is 0 Å². The Kier molecular flexibility index (Phi) is 7.92. The van der Waals surface area contributed by atoms with Crippen LogP contribution in [0.3, 0.4) is 0 Å². The highest BCUT2D eigenvalue weighted by molar-refractivity contribution is 6.96. The second-order valence-corrected chi connectivity index (χ2v) is 15.3. The van der Waals surface area contributed by atoms with Crippen molar-refractivity contribution < 1.29 is 4.43 Å². The van der Waals surface area contributed by atoms with Crippen molar-refractivity contribution >= 4 is 18.7 Å². The predicted octanol–water partition coefficient (Wildman–Crippen LogP) is 7.36. The minimum atomic E-state index is -2.71. The van der Waals surface area contributed by atoms with Crippen LogP contribution >= 0.6 is 0 Å². The molecule has 1 saturated heterocycles. The first-order valence-electron chi connectivity index (χ1n) is 14.2. The molecule has 0 bridgehead atoms. The van der Waals surface area contributed by atoms with E-state index in [2.05, 4.69) is 166 Å². The lowest BCUT2D eigenvalue weighted by atomic mass is 9.79. The lowest BCUT2D eigenvalue weighted by Gasteiger charge is -2.49. The van der Waals surface area contributed by atoms with Crippen molar-refractivity contribution in [2.24, 2.45) is 5.41 Å². The van der Waals surface area contributed by atoms with Gasteiger partial charge in [0.1, 0.15) is 5.60 Å². The summed E-state index contributed by atoms with van der Waals surface area (Å²) in [7, 11) is -2.71. The summed E-state index contributed by atoms with van der Waals surface area (Å²) in [5, 5.41) is 2.56. The van der Waals surface area contributed by atoms with Gasteiger partial charge in [0.05, 0.1) is 6.04 Å². The van der Waals surface area contributed by atoms with Crippen molar-refractivity contribution in [1.29, 1.82) is 0 Å². The summed E-state index contributed by atoms with van der Waals surface area (Å²) in [4.78, 5) is 2.55. The second-order valence-electron chi connectivity index (χ2n) is 11.9. The first-order chi connectivity index (χ1) is 18.8. The van der Waals surface area contributed by atoms with Gasteiger partial charge in [-0.25, -0.2) is 0 Å². The molecule has 1 aliphatic rings. The molecule has 5 rings (SSSR count). The van der Waals surface area contributed by atoms with E-state index in [0.717, 1.165) is 19.4 Å². The normalized spacial score (nSPS) is 16.6. The van der Waals surface area contributed by atoms with Crippen molar-refractivity contribution in [2.75, 3.05) is 6.54 Å². The number of benzene rings is 4. The summed E-state index contributed by atoms with van der Waals surface area (Å²) in [6.45, 7) is 10.2. The molecule has 1 atom stereocenters. The highest BCUT2D eigenvalue weighted by Gasteiger charge is 2.52. The van der Waals surface area contributed by atoms with Crippen molar-refractivity contribution in [3.05, 3.63) is 145 Å². The maximum Gasteiger partial charge on any atom is 0.254 e. The Morgan fingerprint density at radius 2 is 1.13 bits per heavy atom. The molecule has 0 unspecified atom stereocenters. The molecule has 0 aliphatic carbocycles. The van der Waals surface area contributed by atoms with Crippen LogP contribution in [0.1, 0.15) is 44.7 Å². The fourth-order valence-corrected chi connectivity index (χ4v) is 9.19. The molecular formula is C36H41NOSi. The van der Waals surface area contributed by atoms with Gasteiger partial charge >= 0.3 is 0 Å². The highest BCUT2D eigenvalue weighted by atomic mass is 28.4. The third-order valence-electron chi connectivity index (χ3n) is 7.95. The second kappa shape index (κ2) is 11.4. The zero-order chi connectivity index (χ0) is 27.3. The fraction of sp³-hybridized carbons (Fsp3) is 0.278. The third kappa shape index (κ3) is 5.66. The van der Waals surface area contributed by atoms with Crippen molar-refractivity contribution in [3.63, 3.8) is 0 Å². The summed E-state index contributed by atoms with van der Waals surface area (Å²) in [5.74, 6) is 0. The molecule has 0 spiro atoms. The minimum absolute atomic E-state index is 0.105. The smallest absolute Gasteiger partial charge is 0.254 e. The molecule has 1 aliphatic heterocycles. The standard InChI is InChI=1S/C36H41NOSi/c1-35(2,3)27-29-37-28-17-26-34(37)36(30-18-9-5-10-19-30,31-20-11-6-12-21-31)38-39(4,32-22-13-7-14-23-32)33-24-15-8-16-25-33/h5-16,18-25,27,29,34H,17,26,28H2,1-4H3/b29-27+/t34-/m0/s1. The van der Waals surface area contributed by atoms with Crippen LogP contribution in [0, 0.1) is 5.41 Å². The maximum absolute atomic E-state index is 7.98. The van der Waals surface area contributed by atoms with Crippen LogP contribution in [0.5, 0.6) is 0 Å². The van der Waals surface area contributed by atoms with Gasteiger partial charge in [-0.05, 0) is 52.5 Å². The fourth-order valence-electron chi connectivity index (χ4n) is 5.95. The van der Waals surface area contributed by atoms with E-state index >= 15 is 0 Å². The average molecular weight is 532 g/mol. The molecule has 4 aromatic rings. The average Bonchev–Trinajstić information content (AvgIpc) is 3.45. The van der Waals surface area contributed by atoms with E-state index < -0.39 is 13.9 Å². The van der Waals surface area contributed by atoms with Gasteiger partial charge < -0.3 is 9.33 Å². The van der Waals surface area contributed by atoms with E-state index in [9.17, 15) is 0 Å². The van der Waals surface area contributed by atoms with Crippen LogP contribution in [-0.4, -0.2) is 25.8 Å². The first-order valence-corrected chi connectivity index (χ1v) is 16.6. The Labute approximate surface area is 236 Å². The summed E-state index contributed by atoms with van der Waals surface area (Å²) in [6.07, 6.45) is 6.88. The zero-order valence-corrected chi connectivity index (χ0v) is 24.8. The van der Waals surface area contributed by atoms with Crippen LogP contribution < -0.4 is 10.4 Å². The predicted molar refractivity (Wildman–Crippen MR) is 167 cm³/mol. The third-order valence-corrected chi connectivity index (χ3v) is 11.5. The van der Waals surface area contributed by atoms with E-state index in [1.54, 1.807) is 0 Å². The highest BCUT2D eigenvalue weighted by Crippen LogP contribution is 2.45. The summed E-state index contributed by atoms with van der Waals surface area (Å²) >= 11 is 0. The molecule has 4 aromatic carbocycles. The topological polar surface area (TPSA) is 12.5 Å². The summed E-state index contributed by atoms with van der Waals surface area (Å²) in [6, 6.07) is 43.9. The van der Waals surface area contributed by atoms with Gasteiger partial charge in [-0.15, -0.1) is 0 Å². The quantitative estimate of drug-likeness (QED) is 0.220. The molecular weight excluding hydrogens is 490 g/mol. The zero-order valence-electron chi connectivity index (χ0n) is 23.8. The molecule has 0 radical (unpaired) electrons. The monoisotopic (exact) mass is 531 g/mol. The molecule has 1 fully saturated rings. The Bertz CT molecular complexity index is 1270. The maximum atomic E-state index is 7.98. The Morgan fingerprint density at radius 3 is 1.56 bits per heavy atom. The van der Waals surface area contributed by atoms with Gasteiger partial charge in [0, 0.05) is 6.54 Å². The van der Waals surface area contributed by atoms with E-state index in [4.69, 9.17) is 4.43 Å². The molecule has 0 N–H and O–H groups in total. The van der Waals surface area contributed by atoms with Crippen LogP contribution in [0.15, 0.2) is 134 Å². The van der Waals surface area contributed by atoms with Gasteiger partial charge in [0.25, 0.3) is 8.32 Å². The van der Waals surface area contributed by atoms with Gasteiger partial charge in [-0.3, -0.25) is 0 Å². The van der Waals surface area contributed by atoms with Crippen LogP contribution in [0.2, 0.25) is 6.55 Å². The summed E-state index contributed by atoms with van der Waals surface area (Å²) < 4.78 is 7.98. The largest absolute Gasteiger partial charge is 0.393 e. The molecule has 39 heavy (non-hydrogen) atoms. The lowest BCUT2D eigenvalue weighted by molar-refractivity contribution is 0.0314. The van der Waals surface area contributed by atoms with Crippen LogP contribution in [0.25, 0.3) is 0 Å². The molecule has 0 saturated carbocycles. The van der Waals surface area contributed by atoms with E-state index in [-0.39, 0.29) is 11.5 Å². The number of hydrogen-bond acceptors (Lipinski definition) is 2. The number of nitrogens with zero attached hydrogens (tertiary/aromatic N) is 1. The van der Waals surface area contributed by atoms with Crippen molar-refractivity contribution in [1.82, 2.24) is 4.90 Å². The van der Waals surface area contributed by atoms with Crippen molar-refractivity contribution in [2.45, 2.75) is 51.8 Å². The van der Waals surface area contributed by atoms with Crippen LogP contribution in [0.4, 0.5) is 0 Å². The van der Waals surface area contributed by atoms with Crippen LogP contribution in [-0.2, 0) is 10.0 Å². The number of likely N-dealkylation sites (tertiary alicyclic amines) is 1. The molecule has 3 heteroatoms. The molecule has 2 nitrogen and oxygen atoms in total. The van der Waals surface area contributed by atoms with Gasteiger partial charge in [-0.1, -0.05) is 148 Å². The molecule has 1 heterocycles. The molecule has 200 valence electrons. The Balaban J connectivity index is 1.78. The number of rotatable bonds is 8. The van der Waals surface area contributed by atoms with E-state index in [1.807, 2.05) is 0 Å². The summed E-state index contributed by atoms with van der Waals surface area (Å²) in [5.41, 5.74) is 1.87. The number of hydrogen-bond donors (Lipinski definition) is 0. The molecule has 0 amide bonds. The Hall–Kier alpha value is -3.40. The first kappa shape index (κ1) is 27.2. The van der Waals surface area contributed by atoms with Crippen molar-refractivity contribution in [3.8, 4) is 0 Å².